The maximum atomic E-state index is 10.9. The molecule has 3 N–H and O–H groups in total. The Labute approximate surface area is 68.2 Å². The molecule has 0 bridgehead atoms. The number of hydrogen-bond donors (Lipinski definition) is 3. The Kier molecular flexibility index (Phi) is 2.47. The molecule has 0 aromatic carbocycles. The van der Waals surface area contributed by atoms with Gasteiger partial charge in [-0.25, -0.2) is 0 Å². The number of aromatic amines is 1. The van der Waals surface area contributed by atoms with Gasteiger partial charge in [0.2, 0.25) is 0 Å². The minimum Gasteiger partial charge on any atom is -0.329 e. The summed E-state index contributed by atoms with van der Waals surface area (Å²) in [4.78, 5) is 30.3. The van der Waals surface area contributed by atoms with Crippen LogP contribution in [-0.4, -0.2) is 14.8 Å². The first-order valence-electron chi connectivity index (χ1n) is 3.20. The van der Waals surface area contributed by atoms with Crippen LogP contribution in [0.1, 0.15) is 5.56 Å². The van der Waals surface area contributed by atoms with Crippen molar-refractivity contribution in [1.82, 2.24) is 4.98 Å². The van der Waals surface area contributed by atoms with Crippen molar-refractivity contribution >= 4 is 7.60 Å². The summed E-state index contributed by atoms with van der Waals surface area (Å²) in [6.45, 7) is 0. The molecule has 12 heavy (non-hydrogen) atoms. The summed E-state index contributed by atoms with van der Waals surface area (Å²) in [5, 5.41) is 0. The van der Waals surface area contributed by atoms with E-state index in [4.69, 9.17) is 9.79 Å². The number of nitrogens with one attached hydrogen (secondary N) is 1. The lowest BCUT2D eigenvalue weighted by atomic mass is 10.3. The van der Waals surface area contributed by atoms with E-state index in [1.807, 2.05) is 0 Å². The van der Waals surface area contributed by atoms with Crippen LogP contribution in [-0.2, 0) is 10.7 Å². The Morgan fingerprint density at radius 2 is 2.17 bits per heavy atom. The van der Waals surface area contributed by atoms with Gasteiger partial charge in [0.1, 0.15) is 0 Å². The zero-order valence-electron chi connectivity index (χ0n) is 6.10. The number of H-pyrrole nitrogens is 1. The second-order valence-electron chi connectivity index (χ2n) is 2.35. The van der Waals surface area contributed by atoms with E-state index < -0.39 is 19.3 Å². The average molecular weight is 189 g/mol. The first kappa shape index (κ1) is 9.19. The van der Waals surface area contributed by atoms with Gasteiger partial charge in [-0.05, 0) is 6.07 Å². The van der Waals surface area contributed by atoms with Crippen molar-refractivity contribution in [3.05, 3.63) is 34.2 Å². The van der Waals surface area contributed by atoms with Crippen molar-refractivity contribution < 1.29 is 14.4 Å². The Morgan fingerprint density at radius 3 is 2.67 bits per heavy atom. The Bertz CT molecular complexity index is 366. The van der Waals surface area contributed by atoms with E-state index in [2.05, 4.69) is 4.98 Å². The van der Waals surface area contributed by atoms with Gasteiger partial charge in [0.05, 0.1) is 6.16 Å². The van der Waals surface area contributed by atoms with E-state index in [1.165, 1.54) is 18.3 Å². The van der Waals surface area contributed by atoms with Crippen molar-refractivity contribution in [3.8, 4) is 0 Å². The third-order valence-corrected chi connectivity index (χ3v) is 2.03. The van der Waals surface area contributed by atoms with Crippen molar-refractivity contribution in [2.75, 3.05) is 0 Å². The maximum absolute atomic E-state index is 10.9. The second-order valence-corrected chi connectivity index (χ2v) is 3.99. The molecule has 6 heteroatoms. The highest BCUT2D eigenvalue weighted by molar-refractivity contribution is 7.50. The molecule has 0 saturated carbocycles. The largest absolute Gasteiger partial charge is 0.330 e. The molecular formula is C6H8NO4P. The third-order valence-electron chi connectivity index (χ3n) is 1.28. The van der Waals surface area contributed by atoms with Crippen LogP contribution >= 0.6 is 7.60 Å². The van der Waals surface area contributed by atoms with Gasteiger partial charge in [0, 0.05) is 11.8 Å². The number of aromatic nitrogens is 1. The predicted octanol–water partition coefficient (Wildman–Crippen LogP) is 0.0526. The van der Waals surface area contributed by atoms with Gasteiger partial charge >= 0.3 is 7.60 Å². The van der Waals surface area contributed by atoms with Crippen LogP contribution in [0.4, 0.5) is 0 Å². The highest BCUT2D eigenvalue weighted by Gasteiger charge is 2.15. The summed E-state index contributed by atoms with van der Waals surface area (Å²) in [5.74, 6) is 0. The summed E-state index contributed by atoms with van der Waals surface area (Å²) in [6.07, 6.45) is 0.898. The predicted molar refractivity (Wildman–Crippen MR) is 42.8 cm³/mol. The molecular weight excluding hydrogens is 181 g/mol. The average Bonchev–Trinajstić information content (AvgIpc) is 1.91. The summed E-state index contributed by atoms with van der Waals surface area (Å²) >= 11 is 0. The maximum Gasteiger partial charge on any atom is 0.330 e. The summed E-state index contributed by atoms with van der Waals surface area (Å²) in [6, 6.07) is 2.91. The van der Waals surface area contributed by atoms with E-state index in [1.54, 1.807) is 0 Å². The van der Waals surface area contributed by atoms with Crippen LogP contribution in [0.3, 0.4) is 0 Å². The van der Waals surface area contributed by atoms with Crippen LogP contribution in [0.25, 0.3) is 0 Å². The van der Waals surface area contributed by atoms with Crippen molar-refractivity contribution in [2.24, 2.45) is 0 Å². The molecule has 0 atom stereocenters. The number of pyridine rings is 1. The van der Waals surface area contributed by atoms with Gasteiger partial charge in [0.15, 0.2) is 0 Å². The Morgan fingerprint density at radius 1 is 1.50 bits per heavy atom. The van der Waals surface area contributed by atoms with Gasteiger partial charge in [-0.3, -0.25) is 9.36 Å². The zero-order chi connectivity index (χ0) is 9.19. The fourth-order valence-corrected chi connectivity index (χ4v) is 1.50. The Hall–Kier alpha value is -0.900. The molecule has 0 aliphatic heterocycles. The molecule has 1 aromatic heterocycles. The van der Waals surface area contributed by atoms with E-state index in [0.717, 1.165) is 0 Å². The van der Waals surface area contributed by atoms with E-state index >= 15 is 0 Å². The normalized spacial score (nSPS) is 11.5. The quantitative estimate of drug-likeness (QED) is 0.573. The second kappa shape index (κ2) is 3.23. The molecule has 1 heterocycles. The smallest absolute Gasteiger partial charge is 0.329 e. The highest BCUT2D eigenvalue weighted by atomic mass is 31.2. The van der Waals surface area contributed by atoms with Crippen LogP contribution < -0.4 is 5.56 Å². The third kappa shape index (κ3) is 2.62. The van der Waals surface area contributed by atoms with Crippen molar-refractivity contribution in [2.45, 2.75) is 6.16 Å². The first-order chi connectivity index (χ1) is 5.49. The summed E-state index contributed by atoms with van der Waals surface area (Å²) in [7, 11) is -4.13. The minimum atomic E-state index is -4.13. The summed E-state index contributed by atoms with van der Waals surface area (Å²) < 4.78 is 10.5. The number of rotatable bonds is 2. The molecule has 0 unspecified atom stereocenters. The molecule has 0 amide bonds. The molecule has 66 valence electrons. The van der Waals surface area contributed by atoms with Crippen LogP contribution in [0.2, 0.25) is 0 Å². The fraction of sp³-hybridized carbons (Fsp3) is 0.167. The van der Waals surface area contributed by atoms with Crippen LogP contribution in [0, 0.1) is 0 Å². The lowest BCUT2D eigenvalue weighted by molar-refractivity contribution is 0.371. The van der Waals surface area contributed by atoms with Gasteiger partial charge in [-0.15, -0.1) is 0 Å². The minimum absolute atomic E-state index is 0.103. The highest BCUT2D eigenvalue weighted by Crippen LogP contribution is 2.37. The molecule has 5 nitrogen and oxygen atoms in total. The van der Waals surface area contributed by atoms with Crippen molar-refractivity contribution in [3.63, 3.8) is 0 Å². The van der Waals surface area contributed by atoms with Gasteiger partial charge < -0.3 is 14.8 Å². The fourth-order valence-electron chi connectivity index (χ4n) is 0.803. The van der Waals surface area contributed by atoms with Gasteiger partial charge in [-0.2, -0.15) is 0 Å². The topological polar surface area (TPSA) is 90.4 Å². The monoisotopic (exact) mass is 189 g/mol. The van der Waals surface area contributed by atoms with Crippen molar-refractivity contribution in [1.29, 1.82) is 0 Å². The van der Waals surface area contributed by atoms with Gasteiger partial charge in [-0.1, -0.05) is 6.07 Å². The number of hydrogen-bond acceptors (Lipinski definition) is 2. The first-order valence-corrected chi connectivity index (χ1v) is 5.00. The molecule has 0 aliphatic carbocycles. The lowest BCUT2D eigenvalue weighted by Gasteiger charge is -2.01. The molecule has 0 radical (unpaired) electrons. The molecule has 0 spiro atoms. The SMILES string of the molecule is O=c1[nH]cccc1CP(=O)(O)O. The van der Waals surface area contributed by atoms with E-state index in [-0.39, 0.29) is 5.56 Å². The van der Waals surface area contributed by atoms with Crippen LogP contribution in [0.5, 0.6) is 0 Å². The molecule has 0 aliphatic rings. The zero-order valence-corrected chi connectivity index (χ0v) is 6.99. The van der Waals surface area contributed by atoms with Crippen LogP contribution in [0.15, 0.2) is 23.1 Å². The van der Waals surface area contributed by atoms with Gasteiger partial charge in [0.25, 0.3) is 5.56 Å². The molecule has 1 rings (SSSR count). The molecule has 0 saturated heterocycles. The standard InChI is InChI=1S/C6H8NO4P/c8-6-5(2-1-3-7-6)4-12(9,10)11/h1-3H,4H2,(H,7,8)(H2,9,10,11). The molecule has 0 fully saturated rings. The van der Waals surface area contributed by atoms with E-state index in [0.29, 0.717) is 0 Å². The summed E-state index contributed by atoms with van der Waals surface area (Å²) in [5.41, 5.74) is -0.355. The Balaban J connectivity index is 2.99. The van der Waals surface area contributed by atoms with E-state index in [9.17, 15) is 9.36 Å². The lowest BCUT2D eigenvalue weighted by Crippen LogP contribution is -2.10. The molecule has 1 aromatic rings.